The molecule has 0 spiro atoms. The van der Waals surface area contributed by atoms with Gasteiger partial charge in [-0.3, -0.25) is 0 Å². The lowest BCUT2D eigenvalue weighted by Crippen LogP contribution is -2.34. The van der Waals surface area contributed by atoms with Gasteiger partial charge in [0.15, 0.2) is 0 Å². The second-order valence-electron chi connectivity index (χ2n) is 5.64. The Labute approximate surface area is 112 Å². The van der Waals surface area contributed by atoms with Crippen molar-refractivity contribution in [3.8, 4) is 0 Å². The molecule has 0 bridgehead atoms. The highest BCUT2D eigenvalue weighted by atomic mass is 32.2. The van der Waals surface area contributed by atoms with Gasteiger partial charge in [-0.05, 0) is 36.1 Å². The second kappa shape index (κ2) is 5.57. The summed E-state index contributed by atoms with van der Waals surface area (Å²) in [6.07, 6.45) is 4.86. The van der Waals surface area contributed by atoms with E-state index >= 15 is 0 Å². The first-order valence-electron chi connectivity index (χ1n) is 6.64. The quantitative estimate of drug-likeness (QED) is 0.832. The summed E-state index contributed by atoms with van der Waals surface area (Å²) in [5, 5.41) is 23.0. The van der Waals surface area contributed by atoms with Gasteiger partial charge in [0.05, 0.1) is 11.6 Å². The van der Waals surface area contributed by atoms with Crippen LogP contribution >= 0.6 is 11.8 Å². The van der Waals surface area contributed by atoms with Gasteiger partial charge in [-0.2, -0.15) is 0 Å². The standard InChI is InChI=1S/C12H22N4OS/c1-9(2)12(3,17)8-18-11-13-14-15-16(11)10-6-4-5-7-10/h9-10,17H,4-8H2,1-3H3. The highest BCUT2D eigenvalue weighted by Gasteiger charge is 2.27. The van der Waals surface area contributed by atoms with Crippen molar-refractivity contribution in [2.24, 2.45) is 5.92 Å². The largest absolute Gasteiger partial charge is 0.389 e. The summed E-state index contributed by atoms with van der Waals surface area (Å²) >= 11 is 1.55. The molecule has 1 aromatic rings. The van der Waals surface area contributed by atoms with Gasteiger partial charge >= 0.3 is 0 Å². The Morgan fingerprint density at radius 2 is 2.11 bits per heavy atom. The van der Waals surface area contributed by atoms with Crippen LogP contribution in [0.1, 0.15) is 52.5 Å². The Bertz CT molecular complexity index is 385. The first-order valence-corrected chi connectivity index (χ1v) is 7.62. The number of thioether (sulfide) groups is 1. The maximum Gasteiger partial charge on any atom is 0.209 e. The number of hydrogen-bond donors (Lipinski definition) is 1. The zero-order chi connectivity index (χ0) is 13.2. The zero-order valence-electron chi connectivity index (χ0n) is 11.3. The van der Waals surface area contributed by atoms with Crippen LogP contribution in [0.2, 0.25) is 0 Å². The van der Waals surface area contributed by atoms with Gasteiger partial charge in [-0.25, -0.2) is 4.68 Å². The first-order chi connectivity index (χ1) is 8.50. The minimum Gasteiger partial charge on any atom is -0.389 e. The SMILES string of the molecule is CC(C)C(C)(O)CSc1nnnn1C1CCCC1. The van der Waals surface area contributed by atoms with E-state index in [1.807, 2.05) is 25.5 Å². The van der Waals surface area contributed by atoms with Crippen molar-refractivity contribution in [1.82, 2.24) is 20.2 Å². The van der Waals surface area contributed by atoms with Gasteiger partial charge in [0.25, 0.3) is 0 Å². The number of tetrazole rings is 1. The number of rotatable bonds is 5. The summed E-state index contributed by atoms with van der Waals surface area (Å²) in [7, 11) is 0. The molecule has 0 aromatic carbocycles. The van der Waals surface area contributed by atoms with Gasteiger partial charge in [0, 0.05) is 5.75 Å². The van der Waals surface area contributed by atoms with Crippen molar-refractivity contribution >= 4 is 11.8 Å². The molecule has 2 rings (SSSR count). The maximum atomic E-state index is 10.2. The molecular weight excluding hydrogens is 248 g/mol. The summed E-state index contributed by atoms with van der Waals surface area (Å²) in [6.45, 7) is 5.93. The van der Waals surface area contributed by atoms with Crippen molar-refractivity contribution in [3.63, 3.8) is 0 Å². The van der Waals surface area contributed by atoms with E-state index in [1.54, 1.807) is 11.8 Å². The summed E-state index contributed by atoms with van der Waals surface area (Å²) in [5.74, 6) is 0.846. The lowest BCUT2D eigenvalue weighted by molar-refractivity contribution is 0.0375. The minimum absolute atomic E-state index is 0.223. The van der Waals surface area contributed by atoms with Crippen LogP contribution in [-0.4, -0.2) is 36.7 Å². The smallest absolute Gasteiger partial charge is 0.209 e. The predicted molar refractivity (Wildman–Crippen MR) is 71.5 cm³/mol. The van der Waals surface area contributed by atoms with Crippen molar-refractivity contribution in [2.45, 2.75) is 63.3 Å². The Balaban J connectivity index is 1.99. The van der Waals surface area contributed by atoms with Crippen LogP contribution in [0, 0.1) is 5.92 Å². The van der Waals surface area contributed by atoms with Crippen molar-refractivity contribution in [2.75, 3.05) is 5.75 Å². The van der Waals surface area contributed by atoms with Crippen molar-refractivity contribution in [3.05, 3.63) is 0 Å². The molecule has 1 heterocycles. The van der Waals surface area contributed by atoms with Crippen LogP contribution in [-0.2, 0) is 0 Å². The van der Waals surface area contributed by atoms with Crippen molar-refractivity contribution in [1.29, 1.82) is 0 Å². The van der Waals surface area contributed by atoms with Crippen LogP contribution in [0.15, 0.2) is 5.16 Å². The molecule has 1 unspecified atom stereocenters. The van der Waals surface area contributed by atoms with Gasteiger partial charge < -0.3 is 5.11 Å². The highest BCUT2D eigenvalue weighted by Crippen LogP contribution is 2.32. The molecule has 1 N–H and O–H groups in total. The summed E-state index contributed by atoms with van der Waals surface area (Å²) in [6, 6.07) is 0.450. The van der Waals surface area contributed by atoms with Gasteiger partial charge in [0.2, 0.25) is 5.16 Å². The molecule has 1 saturated carbocycles. The molecule has 6 heteroatoms. The van der Waals surface area contributed by atoms with Gasteiger partial charge in [-0.1, -0.05) is 38.5 Å². The third kappa shape index (κ3) is 3.03. The Morgan fingerprint density at radius 3 is 2.72 bits per heavy atom. The third-order valence-corrected chi connectivity index (χ3v) is 5.13. The summed E-state index contributed by atoms with van der Waals surface area (Å²) < 4.78 is 1.94. The molecule has 0 saturated heterocycles. The number of aliphatic hydroxyl groups is 1. The molecular formula is C12H22N4OS. The predicted octanol–water partition coefficient (Wildman–Crippen LogP) is 2.29. The monoisotopic (exact) mass is 270 g/mol. The fraction of sp³-hybridized carbons (Fsp3) is 0.917. The van der Waals surface area contributed by atoms with E-state index in [1.165, 1.54) is 25.7 Å². The molecule has 5 nitrogen and oxygen atoms in total. The van der Waals surface area contributed by atoms with E-state index in [0.717, 1.165) is 5.16 Å². The van der Waals surface area contributed by atoms with Crippen LogP contribution in [0.5, 0.6) is 0 Å². The highest BCUT2D eigenvalue weighted by molar-refractivity contribution is 7.99. The first kappa shape index (κ1) is 13.8. The van der Waals surface area contributed by atoms with E-state index in [0.29, 0.717) is 11.8 Å². The van der Waals surface area contributed by atoms with E-state index in [2.05, 4.69) is 15.5 Å². The molecule has 0 aliphatic heterocycles. The molecule has 0 amide bonds. The van der Waals surface area contributed by atoms with Crippen LogP contribution in [0.4, 0.5) is 0 Å². The van der Waals surface area contributed by atoms with Crippen LogP contribution < -0.4 is 0 Å². The van der Waals surface area contributed by atoms with E-state index in [-0.39, 0.29) is 5.92 Å². The van der Waals surface area contributed by atoms with Crippen LogP contribution in [0.3, 0.4) is 0 Å². The molecule has 18 heavy (non-hydrogen) atoms. The normalized spacial score (nSPS) is 20.5. The molecule has 102 valence electrons. The second-order valence-corrected chi connectivity index (χ2v) is 6.59. The summed E-state index contributed by atoms with van der Waals surface area (Å²) in [4.78, 5) is 0. The molecule has 1 aliphatic rings. The van der Waals surface area contributed by atoms with Gasteiger partial charge in [0.1, 0.15) is 0 Å². The zero-order valence-corrected chi connectivity index (χ0v) is 12.2. The van der Waals surface area contributed by atoms with E-state index in [4.69, 9.17) is 0 Å². The average Bonchev–Trinajstić information content (AvgIpc) is 2.96. The Hall–Kier alpha value is -0.620. The molecule has 1 aromatic heterocycles. The van der Waals surface area contributed by atoms with E-state index < -0.39 is 5.60 Å². The van der Waals surface area contributed by atoms with E-state index in [9.17, 15) is 5.11 Å². The Morgan fingerprint density at radius 1 is 1.44 bits per heavy atom. The maximum absolute atomic E-state index is 10.2. The number of aromatic nitrogens is 4. The average molecular weight is 270 g/mol. The number of hydrogen-bond acceptors (Lipinski definition) is 5. The van der Waals surface area contributed by atoms with Crippen molar-refractivity contribution < 1.29 is 5.11 Å². The topological polar surface area (TPSA) is 63.8 Å². The molecule has 1 atom stereocenters. The fourth-order valence-electron chi connectivity index (χ4n) is 2.04. The Kier molecular flexibility index (Phi) is 4.27. The van der Waals surface area contributed by atoms with Crippen LogP contribution in [0.25, 0.3) is 0 Å². The fourth-order valence-corrected chi connectivity index (χ4v) is 3.20. The van der Waals surface area contributed by atoms with Gasteiger partial charge in [-0.15, -0.1) is 5.10 Å². The molecule has 1 fully saturated rings. The molecule has 1 aliphatic carbocycles. The molecule has 0 radical (unpaired) electrons. The summed E-state index contributed by atoms with van der Waals surface area (Å²) in [5.41, 5.74) is -0.683. The lowest BCUT2D eigenvalue weighted by Gasteiger charge is -2.26. The minimum atomic E-state index is -0.683. The third-order valence-electron chi connectivity index (χ3n) is 3.87. The number of nitrogens with zero attached hydrogens (tertiary/aromatic N) is 4. The lowest BCUT2D eigenvalue weighted by atomic mass is 9.95.